The van der Waals surface area contributed by atoms with Crippen molar-refractivity contribution < 1.29 is 54.4 Å². The van der Waals surface area contributed by atoms with Crippen LogP contribution in [0.4, 0.5) is 0 Å². The fourth-order valence-electron chi connectivity index (χ4n) is 5.09. The van der Waals surface area contributed by atoms with Gasteiger partial charge in [0.15, 0.2) is 18.2 Å². The van der Waals surface area contributed by atoms with Crippen LogP contribution in [0.3, 0.4) is 0 Å². The summed E-state index contributed by atoms with van der Waals surface area (Å²) >= 11 is 0. The van der Waals surface area contributed by atoms with Crippen LogP contribution in [-0.2, 0) is 23.7 Å². The maximum Gasteiger partial charge on any atom is 0.254 e. The first kappa shape index (κ1) is 28.9. The van der Waals surface area contributed by atoms with Gasteiger partial charge in [-0.1, -0.05) is 0 Å². The Labute approximate surface area is 213 Å². The van der Waals surface area contributed by atoms with E-state index in [0.29, 0.717) is 0 Å². The summed E-state index contributed by atoms with van der Waals surface area (Å²) in [5.74, 6) is -0.638. The summed E-state index contributed by atoms with van der Waals surface area (Å²) in [6, 6.07) is -2.48. The van der Waals surface area contributed by atoms with Gasteiger partial charge in [-0.15, -0.1) is 0 Å². The zero-order valence-electron chi connectivity index (χ0n) is 20.2. The van der Waals surface area contributed by atoms with Crippen molar-refractivity contribution in [1.29, 1.82) is 0 Å². The molecule has 4 aliphatic rings. The van der Waals surface area contributed by atoms with Crippen molar-refractivity contribution in [3.05, 3.63) is 0 Å². The minimum atomic E-state index is -1.56. The predicted molar refractivity (Wildman–Crippen MR) is 122 cm³/mol. The Hall–Kier alpha value is -1.09. The highest BCUT2D eigenvalue weighted by Crippen LogP contribution is 2.32. The maximum atomic E-state index is 12.4. The quantitative estimate of drug-likeness (QED) is 0.137. The number of aliphatic hydroxyl groups is 6. The van der Waals surface area contributed by atoms with Gasteiger partial charge in [0.2, 0.25) is 0 Å². The lowest BCUT2D eigenvalue weighted by Crippen LogP contribution is -2.70. The van der Waals surface area contributed by atoms with Crippen LogP contribution < -0.4 is 27.8 Å². The molecule has 3 heterocycles. The van der Waals surface area contributed by atoms with Crippen LogP contribution in [0.2, 0.25) is 0 Å². The van der Waals surface area contributed by atoms with Crippen molar-refractivity contribution in [2.24, 2.45) is 17.2 Å². The van der Waals surface area contributed by atoms with Crippen LogP contribution in [-0.4, -0.2) is 148 Å². The second kappa shape index (κ2) is 11.6. The fraction of sp³-hybridized carbons (Fsp3) is 0.952. The van der Waals surface area contributed by atoms with E-state index in [2.05, 4.69) is 10.6 Å². The number of ether oxygens (including phenoxy) is 4. The molecule has 14 N–H and O–H groups in total. The third-order valence-corrected chi connectivity index (χ3v) is 7.51. The lowest BCUT2D eigenvalue weighted by Gasteiger charge is -2.42. The first-order valence-corrected chi connectivity index (χ1v) is 12.4. The number of nitrogens with one attached hydrogen (secondary N) is 2. The van der Waals surface area contributed by atoms with Crippen molar-refractivity contribution >= 4 is 5.91 Å². The molecule has 4 fully saturated rings. The average molecular weight is 538 g/mol. The second-order valence-electron chi connectivity index (χ2n) is 10.3. The van der Waals surface area contributed by atoms with Gasteiger partial charge >= 0.3 is 0 Å². The minimum Gasteiger partial charge on any atom is -0.394 e. The Bertz CT molecular complexity index is 792. The highest BCUT2D eigenvalue weighted by atomic mass is 16.7. The van der Waals surface area contributed by atoms with Gasteiger partial charge in [0.25, 0.3) is 5.91 Å². The van der Waals surface area contributed by atoms with Crippen molar-refractivity contribution in [1.82, 2.24) is 10.6 Å². The first-order valence-electron chi connectivity index (χ1n) is 12.4. The molecule has 1 saturated carbocycles. The van der Waals surface area contributed by atoms with Crippen molar-refractivity contribution in [2.75, 3.05) is 26.2 Å². The molecule has 0 radical (unpaired) electrons. The summed E-state index contributed by atoms with van der Waals surface area (Å²) in [7, 11) is 0. The molecule has 1 amide bonds. The SMILES string of the molecule is NC[C@@H]1O[C@H](O[C@H]2[C@@H](O)[C@H](O[C@H]3C[C@@H](N)C[C@@H](NC(=O)C4(O)CNC4)[C@@H]3O)O[C@@H]2CO)[C@H](N)[C@@H](O)[C@@H]1O. The number of amides is 1. The Kier molecular flexibility index (Phi) is 9.04. The van der Waals surface area contributed by atoms with E-state index in [1.54, 1.807) is 0 Å². The van der Waals surface area contributed by atoms with Crippen LogP contribution >= 0.6 is 0 Å². The highest BCUT2D eigenvalue weighted by molar-refractivity contribution is 5.87. The van der Waals surface area contributed by atoms with Gasteiger partial charge in [0.05, 0.1) is 24.8 Å². The Morgan fingerprint density at radius 1 is 0.973 bits per heavy atom. The van der Waals surface area contributed by atoms with E-state index in [1.807, 2.05) is 0 Å². The number of β-amino-alcohol motifs (C(OH)–C–C–N with tert-alkyl or cyclic N) is 1. The standard InChI is InChI=1S/C21H39N5O11/c22-3-10-14(29)15(30)12(24)18(35-10)37-17-11(4-27)36-19(16(17)31)34-9-2-7(23)1-8(13(9)28)26-20(32)21(33)5-25-6-21/h7-19,25,27-31,33H,1-6,22-24H2,(H,26,32)/t7-,8+,9-,10-,11+,12+,13-,14+,15+,16+,17+,18+,19+/m0/s1. The molecule has 16 heteroatoms. The summed E-state index contributed by atoms with van der Waals surface area (Å²) in [4.78, 5) is 12.4. The van der Waals surface area contributed by atoms with Gasteiger partial charge < -0.3 is 77.4 Å². The molecule has 13 atom stereocenters. The molecule has 1 aliphatic carbocycles. The monoisotopic (exact) mass is 537 g/mol. The van der Waals surface area contributed by atoms with Crippen molar-refractivity contribution in [2.45, 2.75) is 98.0 Å². The molecule has 214 valence electrons. The van der Waals surface area contributed by atoms with Gasteiger partial charge in [0, 0.05) is 25.7 Å². The van der Waals surface area contributed by atoms with Gasteiger partial charge in [-0.2, -0.15) is 0 Å². The molecule has 0 aromatic heterocycles. The van der Waals surface area contributed by atoms with Crippen LogP contribution in [0.15, 0.2) is 0 Å². The van der Waals surface area contributed by atoms with E-state index in [1.165, 1.54) is 0 Å². The largest absolute Gasteiger partial charge is 0.394 e. The number of carbonyl (C=O) groups excluding carboxylic acids is 1. The zero-order chi connectivity index (χ0) is 27.1. The Morgan fingerprint density at radius 3 is 2.24 bits per heavy atom. The molecule has 0 bridgehead atoms. The van der Waals surface area contributed by atoms with Crippen molar-refractivity contribution in [3.63, 3.8) is 0 Å². The summed E-state index contributed by atoms with van der Waals surface area (Å²) < 4.78 is 22.8. The van der Waals surface area contributed by atoms with Crippen LogP contribution in [0, 0.1) is 0 Å². The summed E-state index contributed by atoms with van der Waals surface area (Å²) in [5.41, 5.74) is 16.1. The molecule has 0 aromatic rings. The Balaban J connectivity index is 1.39. The molecule has 4 rings (SSSR count). The maximum absolute atomic E-state index is 12.4. The van der Waals surface area contributed by atoms with Crippen LogP contribution in [0.25, 0.3) is 0 Å². The number of hydrogen-bond acceptors (Lipinski definition) is 15. The van der Waals surface area contributed by atoms with E-state index in [9.17, 15) is 35.4 Å². The van der Waals surface area contributed by atoms with Gasteiger partial charge in [0.1, 0.15) is 42.7 Å². The van der Waals surface area contributed by atoms with E-state index in [-0.39, 0.29) is 32.5 Å². The normalized spacial score (nSPS) is 47.9. The lowest BCUT2D eigenvalue weighted by molar-refractivity contribution is -0.280. The molecule has 16 nitrogen and oxygen atoms in total. The van der Waals surface area contributed by atoms with E-state index in [0.717, 1.165) is 0 Å². The molecule has 3 saturated heterocycles. The molecular weight excluding hydrogens is 498 g/mol. The minimum absolute atomic E-state index is 0.0933. The molecule has 0 unspecified atom stereocenters. The number of aliphatic hydroxyl groups excluding tert-OH is 5. The predicted octanol–water partition coefficient (Wildman–Crippen LogP) is -7.13. The zero-order valence-corrected chi connectivity index (χ0v) is 20.2. The van der Waals surface area contributed by atoms with E-state index >= 15 is 0 Å². The highest BCUT2D eigenvalue weighted by Gasteiger charge is 2.52. The van der Waals surface area contributed by atoms with E-state index < -0.39 is 97.7 Å². The van der Waals surface area contributed by atoms with E-state index in [4.69, 9.17) is 36.1 Å². The number of rotatable bonds is 8. The van der Waals surface area contributed by atoms with Gasteiger partial charge in [-0.05, 0) is 12.8 Å². The molecule has 37 heavy (non-hydrogen) atoms. The molecule has 3 aliphatic heterocycles. The molecule has 0 aromatic carbocycles. The third kappa shape index (κ3) is 5.78. The molecular formula is C21H39N5O11. The number of nitrogens with two attached hydrogens (primary N) is 3. The number of carbonyl (C=O) groups is 1. The third-order valence-electron chi connectivity index (χ3n) is 7.51. The Morgan fingerprint density at radius 2 is 1.65 bits per heavy atom. The topological polar surface area (TPSA) is 277 Å². The van der Waals surface area contributed by atoms with Gasteiger partial charge in [-0.25, -0.2) is 0 Å². The smallest absolute Gasteiger partial charge is 0.254 e. The van der Waals surface area contributed by atoms with Crippen molar-refractivity contribution in [3.8, 4) is 0 Å². The second-order valence-corrected chi connectivity index (χ2v) is 10.3. The first-order chi connectivity index (χ1) is 17.5. The summed E-state index contributed by atoms with van der Waals surface area (Å²) in [6.07, 6.45) is -11.9. The van der Waals surface area contributed by atoms with Gasteiger partial charge in [-0.3, -0.25) is 4.79 Å². The van der Waals surface area contributed by atoms with Crippen LogP contribution in [0.1, 0.15) is 12.8 Å². The fourth-order valence-corrected chi connectivity index (χ4v) is 5.09. The average Bonchev–Trinajstić information content (AvgIpc) is 3.14. The molecule has 0 spiro atoms. The lowest BCUT2D eigenvalue weighted by atomic mass is 9.85. The summed E-state index contributed by atoms with van der Waals surface area (Å²) in [5, 5.41) is 67.5. The number of hydrogen-bond donors (Lipinski definition) is 11. The summed E-state index contributed by atoms with van der Waals surface area (Å²) in [6.45, 7) is -0.520. The van der Waals surface area contributed by atoms with Crippen LogP contribution in [0.5, 0.6) is 0 Å².